The molecule has 0 amide bonds. The van der Waals surface area contributed by atoms with Crippen LogP contribution in [-0.2, 0) is 4.74 Å². The maximum atomic E-state index is 9.10. The monoisotopic (exact) mass is 173 g/mol. The second-order valence-electron chi connectivity index (χ2n) is 2.99. The Morgan fingerprint density at radius 1 is 1.17 bits per heavy atom. The summed E-state index contributed by atoms with van der Waals surface area (Å²) in [5.74, 6) is 0. The fourth-order valence-electron chi connectivity index (χ4n) is 0.923. The van der Waals surface area contributed by atoms with Crippen molar-refractivity contribution < 1.29 is 9.84 Å². The van der Waals surface area contributed by atoms with Crippen molar-refractivity contribution in [2.75, 3.05) is 13.2 Å². The molecule has 0 fully saturated rings. The van der Waals surface area contributed by atoms with Gasteiger partial charge in [0.25, 0.3) is 0 Å². The Balaban J connectivity index is 2.90. The van der Waals surface area contributed by atoms with Crippen LogP contribution in [0.3, 0.4) is 0 Å². The lowest BCUT2D eigenvalue weighted by Crippen LogP contribution is -2.02. The number of hydrogen-bond acceptors (Lipinski definition) is 2. The van der Waals surface area contributed by atoms with Gasteiger partial charge in [-0.1, -0.05) is 26.7 Å². The molecule has 0 aromatic carbocycles. The SMILES string of the molecule is CCCCCOCC[C](O)CC. The van der Waals surface area contributed by atoms with E-state index in [-0.39, 0.29) is 0 Å². The largest absolute Gasteiger partial charge is 0.387 e. The van der Waals surface area contributed by atoms with E-state index in [1.54, 1.807) is 0 Å². The van der Waals surface area contributed by atoms with E-state index in [2.05, 4.69) is 6.92 Å². The number of aliphatic hydroxyl groups excluding tert-OH is 1. The third kappa shape index (κ3) is 8.02. The van der Waals surface area contributed by atoms with E-state index in [0.29, 0.717) is 19.1 Å². The normalized spacial score (nSPS) is 11.0. The molecule has 0 aliphatic carbocycles. The molecule has 1 radical (unpaired) electrons. The minimum Gasteiger partial charge on any atom is -0.387 e. The highest BCUT2D eigenvalue weighted by Gasteiger charge is 2.00. The molecule has 0 heterocycles. The van der Waals surface area contributed by atoms with E-state index in [4.69, 9.17) is 9.84 Å². The van der Waals surface area contributed by atoms with E-state index < -0.39 is 0 Å². The second-order valence-corrected chi connectivity index (χ2v) is 2.99. The fourth-order valence-corrected chi connectivity index (χ4v) is 0.923. The summed E-state index contributed by atoms with van der Waals surface area (Å²) in [4.78, 5) is 0. The third-order valence-corrected chi connectivity index (χ3v) is 1.84. The molecule has 0 rings (SSSR count). The highest BCUT2D eigenvalue weighted by Crippen LogP contribution is 2.05. The lowest BCUT2D eigenvalue weighted by molar-refractivity contribution is 0.112. The number of unbranched alkanes of at least 4 members (excludes halogenated alkanes) is 2. The Hall–Kier alpha value is -0.0800. The van der Waals surface area contributed by atoms with Crippen LogP contribution in [-0.4, -0.2) is 18.3 Å². The molecule has 2 heteroatoms. The molecule has 12 heavy (non-hydrogen) atoms. The molecular weight excluding hydrogens is 152 g/mol. The molecule has 0 atom stereocenters. The van der Waals surface area contributed by atoms with E-state index >= 15 is 0 Å². The first-order valence-corrected chi connectivity index (χ1v) is 4.92. The average Bonchev–Trinajstić information content (AvgIpc) is 2.10. The first kappa shape index (κ1) is 11.9. The van der Waals surface area contributed by atoms with Gasteiger partial charge < -0.3 is 9.84 Å². The van der Waals surface area contributed by atoms with E-state index in [1.807, 2.05) is 6.92 Å². The van der Waals surface area contributed by atoms with Crippen LogP contribution in [0.4, 0.5) is 0 Å². The quantitative estimate of drug-likeness (QED) is 0.572. The lowest BCUT2D eigenvalue weighted by Gasteiger charge is -2.06. The Kier molecular flexibility index (Phi) is 8.95. The molecule has 0 bridgehead atoms. The zero-order valence-electron chi connectivity index (χ0n) is 8.31. The summed E-state index contributed by atoms with van der Waals surface area (Å²) < 4.78 is 5.33. The first-order valence-electron chi connectivity index (χ1n) is 4.92. The molecule has 0 aliphatic heterocycles. The number of aliphatic hydroxyl groups is 1. The molecule has 0 spiro atoms. The molecule has 1 N–H and O–H groups in total. The Morgan fingerprint density at radius 3 is 2.50 bits per heavy atom. The topological polar surface area (TPSA) is 29.5 Å². The van der Waals surface area contributed by atoms with Gasteiger partial charge in [-0.2, -0.15) is 0 Å². The summed E-state index contributed by atoms with van der Waals surface area (Å²) in [5, 5.41) is 9.10. The second kappa shape index (κ2) is 9.01. The Bertz CT molecular complexity index is 83.9. The summed E-state index contributed by atoms with van der Waals surface area (Å²) in [6.07, 6.45) is 5.61. The molecular formula is C10H21O2. The molecule has 0 aromatic rings. The maximum absolute atomic E-state index is 9.10. The van der Waals surface area contributed by atoms with Gasteiger partial charge in [0.1, 0.15) is 0 Å². The molecule has 0 unspecified atom stereocenters. The van der Waals surface area contributed by atoms with Crippen molar-refractivity contribution in [1.82, 2.24) is 0 Å². The molecule has 0 saturated carbocycles. The van der Waals surface area contributed by atoms with Gasteiger partial charge in [0, 0.05) is 19.6 Å². The first-order chi connectivity index (χ1) is 5.81. The van der Waals surface area contributed by atoms with Crippen molar-refractivity contribution in [2.24, 2.45) is 0 Å². The smallest absolute Gasteiger partial charge is 0.0953 e. The third-order valence-electron chi connectivity index (χ3n) is 1.84. The van der Waals surface area contributed by atoms with E-state index in [9.17, 15) is 0 Å². The van der Waals surface area contributed by atoms with Gasteiger partial charge in [-0.3, -0.25) is 0 Å². The van der Waals surface area contributed by atoms with Gasteiger partial charge in [-0.05, 0) is 12.8 Å². The standard InChI is InChI=1S/C10H21O2/c1-3-5-6-8-12-9-7-10(11)4-2/h11H,3-9H2,1-2H3. The minimum atomic E-state index is 0.547. The number of rotatable bonds is 8. The predicted octanol–water partition coefficient (Wildman–Crippen LogP) is 2.90. The summed E-state index contributed by atoms with van der Waals surface area (Å²) in [6, 6.07) is 0. The number of ether oxygens (including phenoxy) is 1. The van der Waals surface area contributed by atoms with Gasteiger partial charge in [-0.15, -0.1) is 0 Å². The number of hydrogen-bond donors (Lipinski definition) is 1. The van der Waals surface area contributed by atoms with Crippen LogP contribution < -0.4 is 0 Å². The molecule has 0 aromatic heterocycles. The fraction of sp³-hybridized carbons (Fsp3) is 0.900. The molecule has 73 valence electrons. The summed E-state index contributed by atoms with van der Waals surface area (Å²) in [5.41, 5.74) is 0. The van der Waals surface area contributed by atoms with Crippen LogP contribution in [0.2, 0.25) is 0 Å². The van der Waals surface area contributed by atoms with Crippen LogP contribution in [0.25, 0.3) is 0 Å². The van der Waals surface area contributed by atoms with Gasteiger partial charge in [0.2, 0.25) is 0 Å². The van der Waals surface area contributed by atoms with E-state index in [0.717, 1.165) is 19.4 Å². The van der Waals surface area contributed by atoms with Gasteiger partial charge >= 0.3 is 0 Å². The van der Waals surface area contributed by atoms with Crippen LogP contribution in [0.5, 0.6) is 0 Å². The minimum absolute atomic E-state index is 0.547. The summed E-state index contributed by atoms with van der Waals surface area (Å²) in [6.45, 7) is 5.64. The predicted molar refractivity (Wildman–Crippen MR) is 50.4 cm³/mol. The van der Waals surface area contributed by atoms with Crippen LogP contribution in [0.15, 0.2) is 0 Å². The van der Waals surface area contributed by atoms with Gasteiger partial charge in [0.15, 0.2) is 0 Å². The summed E-state index contributed by atoms with van der Waals surface area (Å²) >= 11 is 0. The highest BCUT2D eigenvalue weighted by atomic mass is 16.5. The highest BCUT2D eigenvalue weighted by molar-refractivity contribution is 4.71. The van der Waals surface area contributed by atoms with Crippen molar-refractivity contribution in [3.8, 4) is 0 Å². The zero-order chi connectivity index (χ0) is 9.23. The van der Waals surface area contributed by atoms with Crippen molar-refractivity contribution in [3.05, 3.63) is 6.10 Å². The van der Waals surface area contributed by atoms with Gasteiger partial charge in [0.05, 0.1) is 6.10 Å². The molecule has 2 nitrogen and oxygen atoms in total. The molecule has 0 saturated heterocycles. The van der Waals surface area contributed by atoms with Gasteiger partial charge in [-0.25, -0.2) is 0 Å². The van der Waals surface area contributed by atoms with Crippen molar-refractivity contribution in [2.45, 2.75) is 46.0 Å². The van der Waals surface area contributed by atoms with Crippen molar-refractivity contribution >= 4 is 0 Å². The summed E-state index contributed by atoms with van der Waals surface area (Å²) in [7, 11) is 0. The van der Waals surface area contributed by atoms with E-state index in [1.165, 1.54) is 12.8 Å². The zero-order valence-corrected chi connectivity index (χ0v) is 8.31. The van der Waals surface area contributed by atoms with Crippen molar-refractivity contribution in [3.63, 3.8) is 0 Å². The lowest BCUT2D eigenvalue weighted by atomic mass is 10.2. The molecule has 0 aliphatic rings. The Morgan fingerprint density at radius 2 is 1.92 bits per heavy atom. The van der Waals surface area contributed by atoms with Crippen LogP contribution in [0.1, 0.15) is 46.0 Å². The average molecular weight is 173 g/mol. The van der Waals surface area contributed by atoms with Crippen molar-refractivity contribution in [1.29, 1.82) is 0 Å². The maximum Gasteiger partial charge on any atom is 0.0953 e. The van der Waals surface area contributed by atoms with Crippen LogP contribution >= 0.6 is 0 Å². The van der Waals surface area contributed by atoms with Crippen LogP contribution in [0, 0.1) is 6.10 Å². The Labute approximate surface area is 75.9 Å².